The molecule has 0 saturated heterocycles. The number of aromatic nitrogens is 1. The third-order valence-corrected chi connectivity index (χ3v) is 5.97. The maximum atomic E-state index is 13.1. The van der Waals surface area contributed by atoms with E-state index in [2.05, 4.69) is 20.9 Å². The van der Waals surface area contributed by atoms with Gasteiger partial charge in [-0.3, -0.25) is 19.2 Å². The maximum absolute atomic E-state index is 13.1. The van der Waals surface area contributed by atoms with E-state index in [-0.39, 0.29) is 18.8 Å². The molecule has 1 aromatic heterocycles. The summed E-state index contributed by atoms with van der Waals surface area (Å²) in [6, 6.07) is 2.82. The van der Waals surface area contributed by atoms with Gasteiger partial charge in [-0.1, -0.05) is 45.9 Å². The fourth-order valence-electron chi connectivity index (χ4n) is 3.86. The van der Waals surface area contributed by atoms with Crippen molar-refractivity contribution in [3.63, 3.8) is 0 Å². The lowest BCUT2D eigenvalue weighted by Gasteiger charge is -2.28. The van der Waals surface area contributed by atoms with E-state index in [0.29, 0.717) is 0 Å². The predicted molar refractivity (Wildman–Crippen MR) is 137 cm³/mol. The van der Waals surface area contributed by atoms with Gasteiger partial charge in [0.1, 0.15) is 18.1 Å². The summed E-state index contributed by atoms with van der Waals surface area (Å²) in [5.74, 6) is -4.81. The Balaban J connectivity index is 2.14. The zero-order chi connectivity index (χ0) is 27.9. The van der Waals surface area contributed by atoms with Crippen LogP contribution in [0.5, 0.6) is 0 Å². The van der Waals surface area contributed by atoms with Crippen molar-refractivity contribution in [2.75, 3.05) is 0 Å². The molecule has 0 saturated carbocycles. The van der Waals surface area contributed by atoms with Crippen LogP contribution in [0.3, 0.4) is 0 Å². The van der Waals surface area contributed by atoms with Gasteiger partial charge in [0.2, 0.25) is 23.6 Å². The van der Waals surface area contributed by atoms with Gasteiger partial charge in [-0.2, -0.15) is 0 Å². The van der Waals surface area contributed by atoms with E-state index in [0.717, 1.165) is 16.5 Å². The summed E-state index contributed by atoms with van der Waals surface area (Å²) in [5, 5.41) is 18.3. The molecule has 0 fully saturated rings. The van der Waals surface area contributed by atoms with Crippen molar-refractivity contribution in [1.82, 2.24) is 20.9 Å². The third kappa shape index (κ3) is 8.04. The minimum absolute atomic E-state index is 0.0340. The second-order valence-electron chi connectivity index (χ2n) is 9.70. The Morgan fingerprint density at radius 2 is 1.43 bits per heavy atom. The van der Waals surface area contributed by atoms with Gasteiger partial charge in [-0.25, -0.2) is 4.79 Å². The first-order valence-electron chi connectivity index (χ1n) is 12.0. The molecule has 2 rings (SSSR count). The summed E-state index contributed by atoms with van der Waals surface area (Å²) >= 11 is 0. The van der Waals surface area contributed by atoms with Crippen LogP contribution in [0.4, 0.5) is 0 Å². The molecule has 0 aliphatic carbocycles. The van der Waals surface area contributed by atoms with Crippen molar-refractivity contribution in [3.05, 3.63) is 36.0 Å². The smallest absolute Gasteiger partial charge is 0.326 e. The second kappa shape index (κ2) is 12.9. The summed E-state index contributed by atoms with van der Waals surface area (Å²) in [6.07, 6.45) is 1.35. The molecule has 0 aliphatic heterocycles. The van der Waals surface area contributed by atoms with Gasteiger partial charge in [0.05, 0.1) is 12.5 Å². The van der Waals surface area contributed by atoms with Crippen LogP contribution >= 0.6 is 0 Å². The number of amides is 4. The number of primary amides is 1. The highest BCUT2D eigenvalue weighted by Gasteiger charge is 2.33. The molecule has 37 heavy (non-hydrogen) atoms. The van der Waals surface area contributed by atoms with Gasteiger partial charge in [0, 0.05) is 23.5 Å². The van der Waals surface area contributed by atoms with Gasteiger partial charge in [-0.15, -0.1) is 0 Å². The Labute approximate surface area is 214 Å². The maximum Gasteiger partial charge on any atom is 0.326 e. The number of hydrogen-bond acceptors (Lipinski definition) is 6. The molecular formula is C25H36N6O6. The lowest BCUT2D eigenvalue weighted by molar-refractivity contribution is -0.142. The van der Waals surface area contributed by atoms with E-state index in [1.807, 2.05) is 24.3 Å². The van der Waals surface area contributed by atoms with Crippen molar-refractivity contribution in [2.45, 2.75) is 64.7 Å². The van der Waals surface area contributed by atoms with Crippen molar-refractivity contribution in [3.8, 4) is 0 Å². The number of benzene rings is 1. The molecule has 4 amide bonds. The monoisotopic (exact) mass is 516 g/mol. The number of carboxylic acids is 1. The minimum Gasteiger partial charge on any atom is -0.480 e. The molecular weight excluding hydrogens is 480 g/mol. The number of H-pyrrole nitrogens is 1. The Morgan fingerprint density at radius 1 is 0.892 bits per heavy atom. The topological polar surface area (TPSA) is 209 Å². The van der Waals surface area contributed by atoms with Gasteiger partial charge < -0.3 is 37.5 Å². The molecule has 4 atom stereocenters. The standard InChI is InChI=1S/C25H36N6O6/c1-12(2)20(31-24(35)21(13(3)4)30-22(33)16(26)10-19(27)32)23(34)29-18(25(36)37)9-14-11-28-17-8-6-5-7-15(14)17/h5-8,11-13,16,18,20-21,28H,9-10,26H2,1-4H3,(H2,27,32)(H,29,34)(H,30,33)(H,31,35)(H,36,37)/t16-,18-,20-,21-/m0/s1. The molecule has 2 aromatic rings. The van der Waals surface area contributed by atoms with Crippen molar-refractivity contribution in [2.24, 2.45) is 23.3 Å². The Bertz CT molecular complexity index is 1140. The molecule has 0 aliphatic rings. The van der Waals surface area contributed by atoms with Gasteiger partial charge >= 0.3 is 5.97 Å². The van der Waals surface area contributed by atoms with Crippen LogP contribution in [0.15, 0.2) is 30.5 Å². The van der Waals surface area contributed by atoms with Crippen LogP contribution in [-0.2, 0) is 30.4 Å². The number of para-hydroxylation sites is 1. The van der Waals surface area contributed by atoms with E-state index in [4.69, 9.17) is 11.5 Å². The van der Waals surface area contributed by atoms with Gasteiger partial charge in [0.25, 0.3) is 0 Å². The molecule has 12 heteroatoms. The average Bonchev–Trinajstić information content (AvgIpc) is 3.21. The first-order valence-corrected chi connectivity index (χ1v) is 12.0. The second-order valence-corrected chi connectivity index (χ2v) is 9.70. The van der Waals surface area contributed by atoms with Crippen molar-refractivity contribution >= 4 is 40.5 Å². The van der Waals surface area contributed by atoms with E-state index >= 15 is 0 Å². The van der Waals surface area contributed by atoms with Crippen molar-refractivity contribution < 1.29 is 29.1 Å². The zero-order valence-electron chi connectivity index (χ0n) is 21.4. The average molecular weight is 517 g/mol. The normalized spacial score (nSPS) is 14.6. The number of carbonyl (C=O) groups excluding carboxylic acids is 4. The van der Waals surface area contributed by atoms with E-state index in [1.165, 1.54) is 0 Å². The molecule has 1 aromatic carbocycles. The molecule has 0 spiro atoms. The van der Waals surface area contributed by atoms with Gasteiger partial charge in [0.15, 0.2) is 0 Å². The molecule has 0 bridgehead atoms. The number of aliphatic carboxylic acids is 1. The first kappa shape index (κ1) is 29.3. The predicted octanol–water partition coefficient (Wildman–Crippen LogP) is -0.236. The Morgan fingerprint density at radius 3 is 1.97 bits per heavy atom. The van der Waals surface area contributed by atoms with E-state index in [1.54, 1.807) is 33.9 Å². The summed E-state index contributed by atoms with van der Waals surface area (Å²) < 4.78 is 0. The van der Waals surface area contributed by atoms with E-state index in [9.17, 15) is 29.1 Å². The lowest BCUT2D eigenvalue weighted by Crippen LogP contribution is -2.59. The van der Waals surface area contributed by atoms with E-state index < -0.39 is 59.7 Å². The Hall–Kier alpha value is -3.93. The molecule has 0 unspecified atom stereocenters. The number of carboxylic acid groups (broad SMARTS) is 1. The highest BCUT2D eigenvalue weighted by molar-refractivity contribution is 5.95. The number of rotatable bonds is 13. The Kier molecular flexibility index (Phi) is 10.2. The van der Waals surface area contributed by atoms with Crippen LogP contribution in [0.1, 0.15) is 39.7 Å². The third-order valence-electron chi connectivity index (χ3n) is 5.97. The van der Waals surface area contributed by atoms with Crippen LogP contribution in [0.2, 0.25) is 0 Å². The van der Waals surface area contributed by atoms with Gasteiger partial charge in [-0.05, 0) is 23.5 Å². The number of hydrogen-bond donors (Lipinski definition) is 7. The summed E-state index contributed by atoms with van der Waals surface area (Å²) in [4.78, 5) is 64.6. The van der Waals surface area contributed by atoms with Crippen LogP contribution in [0, 0.1) is 11.8 Å². The summed E-state index contributed by atoms with van der Waals surface area (Å²) in [7, 11) is 0. The number of carbonyl (C=O) groups is 5. The summed E-state index contributed by atoms with van der Waals surface area (Å²) in [5.41, 5.74) is 12.3. The SMILES string of the molecule is CC(C)[C@H](NC(=O)[C@@H](NC(=O)[C@@H](N)CC(N)=O)C(C)C)C(=O)N[C@@H](Cc1c[nH]c2ccccc12)C(=O)O. The molecule has 0 radical (unpaired) electrons. The number of fused-ring (bicyclic) bond motifs is 1. The number of nitrogens with two attached hydrogens (primary N) is 2. The quantitative estimate of drug-likeness (QED) is 0.190. The van der Waals surface area contributed by atoms with Crippen LogP contribution in [0.25, 0.3) is 10.9 Å². The molecule has 9 N–H and O–H groups in total. The lowest BCUT2D eigenvalue weighted by atomic mass is 9.98. The largest absolute Gasteiger partial charge is 0.480 e. The molecule has 12 nitrogen and oxygen atoms in total. The fourth-order valence-corrected chi connectivity index (χ4v) is 3.86. The molecule has 202 valence electrons. The summed E-state index contributed by atoms with van der Waals surface area (Å²) in [6.45, 7) is 6.78. The fraction of sp³-hybridized carbons (Fsp3) is 0.480. The highest BCUT2D eigenvalue weighted by atomic mass is 16.4. The number of nitrogens with one attached hydrogen (secondary N) is 4. The van der Waals surface area contributed by atoms with Crippen LogP contribution < -0.4 is 27.4 Å². The first-order chi connectivity index (χ1) is 17.3. The molecule has 1 heterocycles. The zero-order valence-corrected chi connectivity index (χ0v) is 21.4. The number of aromatic amines is 1. The highest BCUT2D eigenvalue weighted by Crippen LogP contribution is 2.19. The minimum atomic E-state index is -1.24. The van der Waals surface area contributed by atoms with Crippen molar-refractivity contribution in [1.29, 1.82) is 0 Å². The van der Waals surface area contributed by atoms with Crippen LogP contribution in [-0.4, -0.2) is 63.9 Å².